The van der Waals surface area contributed by atoms with Gasteiger partial charge in [0.2, 0.25) is 0 Å². The topological polar surface area (TPSA) is 47.9 Å². The highest BCUT2D eigenvalue weighted by Crippen LogP contribution is 2.32. The molecule has 1 aromatic carbocycles. The second-order valence-electron chi connectivity index (χ2n) is 4.01. The first-order valence-corrected chi connectivity index (χ1v) is 5.69. The molecule has 0 aliphatic carbocycles. The smallest absolute Gasteiger partial charge is 0.405 e. The van der Waals surface area contributed by atoms with Crippen molar-refractivity contribution in [2.75, 3.05) is 19.8 Å². The van der Waals surface area contributed by atoms with Gasteiger partial charge < -0.3 is 19.3 Å². The molecule has 2 unspecified atom stereocenters. The van der Waals surface area contributed by atoms with Crippen molar-refractivity contribution in [1.29, 1.82) is 0 Å². The average molecular weight is 278 g/mol. The lowest BCUT2D eigenvalue weighted by Gasteiger charge is -2.28. The van der Waals surface area contributed by atoms with Gasteiger partial charge >= 0.3 is 6.36 Å². The van der Waals surface area contributed by atoms with E-state index in [-0.39, 0.29) is 12.2 Å². The summed E-state index contributed by atoms with van der Waals surface area (Å²) in [5.74, 6) is -0.434. The van der Waals surface area contributed by atoms with E-state index in [0.29, 0.717) is 13.2 Å². The lowest BCUT2D eigenvalue weighted by Crippen LogP contribution is -2.34. The number of aliphatic hydroxyl groups excluding tert-OH is 1. The highest BCUT2D eigenvalue weighted by molar-refractivity contribution is 5.35. The Kier molecular flexibility index (Phi) is 4.28. The van der Waals surface area contributed by atoms with Gasteiger partial charge in [0.1, 0.15) is 18.0 Å². The van der Waals surface area contributed by atoms with Crippen LogP contribution in [0.3, 0.4) is 0 Å². The van der Waals surface area contributed by atoms with E-state index in [1.54, 1.807) is 0 Å². The summed E-state index contributed by atoms with van der Waals surface area (Å²) in [6.07, 6.45) is -6.75. The van der Waals surface area contributed by atoms with E-state index in [9.17, 15) is 18.3 Å². The molecule has 2 atom stereocenters. The monoisotopic (exact) mass is 278 g/mol. The van der Waals surface area contributed by atoms with Crippen molar-refractivity contribution >= 4 is 0 Å². The number of para-hydroxylation sites is 1. The lowest BCUT2D eigenvalue weighted by atomic mass is 10.0. The second kappa shape index (κ2) is 5.77. The fourth-order valence-corrected chi connectivity index (χ4v) is 1.83. The molecule has 1 aliphatic heterocycles. The van der Waals surface area contributed by atoms with Gasteiger partial charge in [-0.3, -0.25) is 0 Å². The quantitative estimate of drug-likeness (QED) is 0.919. The predicted octanol–water partition coefficient (Wildman–Crippen LogP) is 2.03. The zero-order chi connectivity index (χ0) is 13.9. The molecule has 0 amide bonds. The molecule has 1 saturated heterocycles. The number of ether oxygens (including phenoxy) is 3. The maximum Gasteiger partial charge on any atom is 0.573 e. The summed E-state index contributed by atoms with van der Waals surface area (Å²) in [5, 5.41) is 10.1. The summed E-state index contributed by atoms with van der Waals surface area (Å²) in [6, 6.07) is 5.43. The molecule has 106 valence electrons. The van der Waals surface area contributed by atoms with Crippen LogP contribution in [0.1, 0.15) is 11.7 Å². The number of hydrogen-bond donors (Lipinski definition) is 1. The first-order chi connectivity index (χ1) is 8.97. The average Bonchev–Trinajstić information content (AvgIpc) is 2.38. The molecule has 7 heteroatoms. The van der Waals surface area contributed by atoms with Crippen LogP contribution in [0.4, 0.5) is 13.2 Å². The zero-order valence-electron chi connectivity index (χ0n) is 9.89. The summed E-state index contributed by atoms with van der Waals surface area (Å²) in [5.41, 5.74) is 0.0234. The molecule has 19 heavy (non-hydrogen) atoms. The van der Waals surface area contributed by atoms with Crippen molar-refractivity contribution in [2.24, 2.45) is 0 Å². The minimum Gasteiger partial charge on any atom is -0.405 e. The highest BCUT2D eigenvalue weighted by atomic mass is 19.4. The van der Waals surface area contributed by atoms with E-state index >= 15 is 0 Å². The summed E-state index contributed by atoms with van der Waals surface area (Å²) in [4.78, 5) is 0. The fraction of sp³-hybridized carbons (Fsp3) is 0.500. The molecular weight excluding hydrogens is 265 g/mol. The number of halogens is 3. The van der Waals surface area contributed by atoms with Gasteiger partial charge in [-0.05, 0) is 6.07 Å². The summed E-state index contributed by atoms with van der Waals surface area (Å²) >= 11 is 0. The van der Waals surface area contributed by atoms with Crippen LogP contribution in [-0.2, 0) is 9.47 Å². The van der Waals surface area contributed by atoms with Crippen molar-refractivity contribution in [1.82, 2.24) is 0 Å². The van der Waals surface area contributed by atoms with Crippen LogP contribution in [-0.4, -0.2) is 37.4 Å². The maximum atomic E-state index is 12.3. The maximum absolute atomic E-state index is 12.3. The van der Waals surface area contributed by atoms with Gasteiger partial charge in [-0.2, -0.15) is 0 Å². The molecule has 0 aromatic heterocycles. The number of benzene rings is 1. The van der Waals surface area contributed by atoms with Gasteiger partial charge in [0.25, 0.3) is 0 Å². The first kappa shape index (κ1) is 14.1. The summed E-state index contributed by atoms with van der Waals surface area (Å²) in [7, 11) is 0. The molecule has 0 bridgehead atoms. The Morgan fingerprint density at radius 1 is 1.26 bits per heavy atom. The Balaban J connectivity index is 2.18. The van der Waals surface area contributed by atoms with Gasteiger partial charge in [-0.15, -0.1) is 13.2 Å². The third-order valence-electron chi connectivity index (χ3n) is 2.66. The van der Waals surface area contributed by atoms with Gasteiger partial charge in [0, 0.05) is 5.56 Å². The number of alkyl halides is 3. The van der Waals surface area contributed by atoms with Crippen LogP contribution in [0.5, 0.6) is 5.75 Å². The molecule has 0 spiro atoms. The predicted molar refractivity (Wildman–Crippen MR) is 58.6 cm³/mol. The van der Waals surface area contributed by atoms with Crippen LogP contribution >= 0.6 is 0 Å². The van der Waals surface area contributed by atoms with Crippen LogP contribution in [0.25, 0.3) is 0 Å². The third kappa shape index (κ3) is 3.82. The largest absolute Gasteiger partial charge is 0.573 e. The Morgan fingerprint density at radius 3 is 2.63 bits per heavy atom. The van der Waals surface area contributed by atoms with E-state index in [0.717, 1.165) is 6.07 Å². The van der Waals surface area contributed by atoms with Crippen molar-refractivity contribution in [2.45, 2.75) is 18.6 Å². The van der Waals surface area contributed by atoms with Crippen molar-refractivity contribution in [3.05, 3.63) is 29.8 Å². The SMILES string of the molecule is OC(c1ccccc1OC(F)(F)F)C1COCCO1. The Labute approximate surface area is 107 Å². The van der Waals surface area contributed by atoms with Crippen LogP contribution in [0.2, 0.25) is 0 Å². The normalized spacial score (nSPS) is 22.0. The molecule has 1 aliphatic rings. The standard InChI is InChI=1S/C12H13F3O4/c13-12(14,15)19-9-4-2-1-3-8(9)11(16)10-7-17-5-6-18-10/h1-4,10-11,16H,5-7H2. The Hall–Kier alpha value is -1.31. The summed E-state index contributed by atoms with van der Waals surface area (Å²) < 4.78 is 51.1. The fourth-order valence-electron chi connectivity index (χ4n) is 1.83. The Bertz CT molecular complexity index is 416. The van der Waals surface area contributed by atoms with E-state index in [4.69, 9.17) is 9.47 Å². The molecule has 1 aromatic rings. The van der Waals surface area contributed by atoms with E-state index in [2.05, 4.69) is 4.74 Å². The molecule has 0 radical (unpaired) electrons. The first-order valence-electron chi connectivity index (χ1n) is 5.69. The molecule has 2 rings (SSSR count). The molecule has 1 N–H and O–H groups in total. The molecule has 4 nitrogen and oxygen atoms in total. The molecule has 0 saturated carbocycles. The Morgan fingerprint density at radius 2 is 2.00 bits per heavy atom. The molecule has 1 heterocycles. The van der Waals surface area contributed by atoms with E-state index in [1.807, 2.05) is 0 Å². The van der Waals surface area contributed by atoms with Crippen molar-refractivity contribution < 1.29 is 32.5 Å². The van der Waals surface area contributed by atoms with Gasteiger partial charge in [-0.1, -0.05) is 18.2 Å². The number of hydrogen-bond acceptors (Lipinski definition) is 4. The van der Waals surface area contributed by atoms with Gasteiger partial charge in [-0.25, -0.2) is 0 Å². The summed E-state index contributed by atoms with van der Waals surface area (Å²) in [6.45, 7) is 0.829. The molecule has 1 fully saturated rings. The minimum atomic E-state index is -4.81. The van der Waals surface area contributed by atoms with Crippen molar-refractivity contribution in [3.63, 3.8) is 0 Å². The van der Waals surface area contributed by atoms with Crippen molar-refractivity contribution in [3.8, 4) is 5.75 Å². The number of rotatable bonds is 3. The molecular formula is C12H13F3O4. The second-order valence-corrected chi connectivity index (χ2v) is 4.01. The van der Waals surface area contributed by atoms with Crippen LogP contribution < -0.4 is 4.74 Å². The van der Waals surface area contributed by atoms with Crippen LogP contribution in [0, 0.1) is 0 Å². The third-order valence-corrected chi connectivity index (χ3v) is 2.66. The van der Waals surface area contributed by atoms with E-state index < -0.39 is 24.3 Å². The zero-order valence-corrected chi connectivity index (χ0v) is 9.89. The number of aliphatic hydroxyl groups is 1. The van der Waals surface area contributed by atoms with Gasteiger partial charge in [0.15, 0.2) is 0 Å². The lowest BCUT2D eigenvalue weighted by molar-refractivity contribution is -0.275. The highest BCUT2D eigenvalue weighted by Gasteiger charge is 2.34. The van der Waals surface area contributed by atoms with Gasteiger partial charge in [0.05, 0.1) is 19.8 Å². The van der Waals surface area contributed by atoms with E-state index in [1.165, 1.54) is 18.2 Å². The van der Waals surface area contributed by atoms with Crippen LogP contribution in [0.15, 0.2) is 24.3 Å². The minimum absolute atomic E-state index is 0.0234.